The number of nitrogens with zero attached hydrogens (tertiary/aromatic N) is 2. The third-order valence-electron chi connectivity index (χ3n) is 5.06. The summed E-state index contributed by atoms with van der Waals surface area (Å²) < 4.78 is 5.14. The van der Waals surface area contributed by atoms with Gasteiger partial charge in [-0.25, -0.2) is 0 Å². The van der Waals surface area contributed by atoms with Crippen molar-refractivity contribution in [3.05, 3.63) is 75.9 Å². The fourth-order valence-electron chi connectivity index (χ4n) is 3.47. The molecular formula is C23H20ClN3O3S2. The summed E-state index contributed by atoms with van der Waals surface area (Å²) in [6.07, 6.45) is -0.0273. The van der Waals surface area contributed by atoms with E-state index in [0.29, 0.717) is 33.8 Å². The van der Waals surface area contributed by atoms with Gasteiger partial charge in [-0.1, -0.05) is 17.7 Å². The summed E-state index contributed by atoms with van der Waals surface area (Å²) in [5.41, 5.74) is 1.25. The van der Waals surface area contributed by atoms with Crippen LogP contribution in [0.5, 0.6) is 5.75 Å². The Bertz CT molecular complexity index is 1120. The van der Waals surface area contributed by atoms with Gasteiger partial charge in [0.05, 0.1) is 25.8 Å². The minimum Gasteiger partial charge on any atom is -0.497 e. The lowest BCUT2D eigenvalue weighted by Gasteiger charge is -2.23. The van der Waals surface area contributed by atoms with E-state index in [1.54, 1.807) is 67.0 Å². The van der Waals surface area contributed by atoms with Gasteiger partial charge in [-0.3, -0.25) is 14.5 Å². The maximum Gasteiger partial charge on any atom is 0.256 e. The second-order valence-corrected chi connectivity index (χ2v) is 8.97. The van der Waals surface area contributed by atoms with Crippen LogP contribution < -0.4 is 15.0 Å². The van der Waals surface area contributed by atoms with Crippen LogP contribution in [-0.2, 0) is 16.1 Å². The first-order valence-electron chi connectivity index (χ1n) is 9.82. The third kappa shape index (κ3) is 4.77. The van der Waals surface area contributed by atoms with Gasteiger partial charge in [0.25, 0.3) is 5.91 Å². The molecule has 0 saturated carbocycles. The zero-order valence-corrected chi connectivity index (χ0v) is 19.5. The molecule has 0 spiro atoms. The Morgan fingerprint density at radius 2 is 1.88 bits per heavy atom. The van der Waals surface area contributed by atoms with Crippen LogP contribution >= 0.6 is 35.2 Å². The first-order chi connectivity index (χ1) is 15.5. The zero-order valence-electron chi connectivity index (χ0n) is 17.2. The number of carbonyl (C=O) groups is 2. The summed E-state index contributed by atoms with van der Waals surface area (Å²) in [6, 6.07) is 17.2. The monoisotopic (exact) mass is 485 g/mol. The number of nitrogens with one attached hydrogen (secondary N) is 1. The highest BCUT2D eigenvalue weighted by atomic mass is 35.5. The second kappa shape index (κ2) is 9.68. The number of thiocarbonyl (C=S) groups is 1. The third-order valence-corrected chi connectivity index (χ3v) is 6.59. The molecule has 1 fully saturated rings. The number of halogens is 1. The molecule has 1 aliphatic heterocycles. The molecule has 4 rings (SSSR count). The van der Waals surface area contributed by atoms with E-state index in [4.69, 9.17) is 28.6 Å². The van der Waals surface area contributed by atoms with Crippen molar-refractivity contribution in [2.24, 2.45) is 0 Å². The van der Waals surface area contributed by atoms with Crippen LogP contribution in [0.15, 0.2) is 66.0 Å². The number of thiophene rings is 1. The van der Waals surface area contributed by atoms with Crippen molar-refractivity contribution < 1.29 is 14.3 Å². The largest absolute Gasteiger partial charge is 0.497 e. The van der Waals surface area contributed by atoms with Gasteiger partial charge in [0.1, 0.15) is 11.8 Å². The van der Waals surface area contributed by atoms with Crippen LogP contribution in [0.3, 0.4) is 0 Å². The summed E-state index contributed by atoms with van der Waals surface area (Å²) in [4.78, 5) is 30.5. The normalized spacial score (nSPS) is 15.9. The number of anilines is 2. The number of rotatable bonds is 7. The Hall–Kier alpha value is -2.94. The highest BCUT2D eigenvalue weighted by molar-refractivity contribution is 7.80. The van der Waals surface area contributed by atoms with Crippen LogP contribution in [0, 0.1) is 0 Å². The molecule has 0 radical (unpaired) electrons. The molecule has 1 unspecified atom stereocenters. The molecule has 3 aromatic rings. The summed E-state index contributed by atoms with van der Waals surface area (Å²) in [5.74, 6) is 0.184. The minimum atomic E-state index is -0.710. The van der Waals surface area contributed by atoms with Gasteiger partial charge in [0.15, 0.2) is 5.11 Å². The minimum absolute atomic E-state index is 0.0273. The molecule has 1 aliphatic rings. The molecule has 32 heavy (non-hydrogen) atoms. The maximum atomic E-state index is 13.4. The molecule has 9 heteroatoms. The fourth-order valence-corrected chi connectivity index (χ4v) is 4.69. The van der Waals surface area contributed by atoms with Crippen LogP contribution in [0.2, 0.25) is 5.02 Å². The van der Waals surface area contributed by atoms with E-state index >= 15 is 0 Å². The molecule has 1 saturated heterocycles. The Morgan fingerprint density at radius 3 is 2.50 bits per heavy atom. The first kappa shape index (κ1) is 22.3. The van der Waals surface area contributed by atoms with E-state index in [9.17, 15) is 9.59 Å². The van der Waals surface area contributed by atoms with Gasteiger partial charge >= 0.3 is 0 Å². The molecule has 0 aliphatic carbocycles. The zero-order chi connectivity index (χ0) is 22.7. The van der Waals surface area contributed by atoms with E-state index in [1.807, 2.05) is 22.4 Å². The van der Waals surface area contributed by atoms with Crippen molar-refractivity contribution in [1.82, 2.24) is 4.90 Å². The summed E-state index contributed by atoms with van der Waals surface area (Å²) in [6.45, 7) is 0.451. The average molecular weight is 486 g/mol. The van der Waals surface area contributed by atoms with Crippen LogP contribution in [0.25, 0.3) is 0 Å². The number of hydrogen-bond donors (Lipinski definition) is 1. The Balaban J connectivity index is 1.56. The van der Waals surface area contributed by atoms with E-state index in [-0.39, 0.29) is 18.2 Å². The average Bonchev–Trinajstić information content (AvgIpc) is 3.38. The van der Waals surface area contributed by atoms with Gasteiger partial charge in [-0.05, 0) is 72.2 Å². The van der Waals surface area contributed by atoms with Crippen LogP contribution in [0.4, 0.5) is 11.4 Å². The summed E-state index contributed by atoms with van der Waals surface area (Å²) >= 11 is 13.3. The first-order valence-corrected chi connectivity index (χ1v) is 11.5. The van der Waals surface area contributed by atoms with Gasteiger partial charge in [0, 0.05) is 15.6 Å². The smallest absolute Gasteiger partial charge is 0.256 e. The molecule has 164 valence electrons. The van der Waals surface area contributed by atoms with E-state index in [2.05, 4.69) is 5.32 Å². The molecule has 0 bridgehead atoms. The van der Waals surface area contributed by atoms with Gasteiger partial charge in [-0.15, -0.1) is 11.3 Å². The lowest BCUT2D eigenvalue weighted by Crippen LogP contribution is -2.37. The van der Waals surface area contributed by atoms with Crippen molar-refractivity contribution in [3.8, 4) is 5.75 Å². The Labute approximate surface area is 200 Å². The number of hydrogen-bond acceptors (Lipinski definition) is 5. The number of ether oxygens (including phenoxy) is 1. The van der Waals surface area contributed by atoms with Crippen molar-refractivity contribution >= 4 is 63.5 Å². The van der Waals surface area contributed by atoms with E-state index in [0.717, 1.165) is 4.88 Å². The van der Waals surface area contributed by atoms with Crippen molar-refractivity contribution in [2.75, 3.05) is 17.3 Å². The Morgan fingerprint density at radius 1 is 1.16 bits per heavy atom. The molecule has 2 heterocycles. The fraction of sp³-hybridized carbons (Fsp3) is 0.174. The SMILES string of the molecule is COc1ccc(NC(=O)CC2C(=O)N(c3ccc(Cl)cc3)C(=S)N2Cc2cccs2)cc1. The topological polar surface area (TPSA) is 61.9 Å². The van der Waals surface area contributed by atoms with Crippen molar-refractivity contribution in [3.63, 3.8) is 0 Å². The summed E-state index contributed by atoms with van der Waals surface area (Å²) in [5, 5.41) is 5.75. The quantitative estimate of drug-likeness (QED) is 0.480. The lowest BCUT2D eigenvalue weighted by atomic mass is 10.1. The molecule has 6 nitrogen and oxygen atoms in total. The van der Waals surface area contributed by atoms with Crippen LogP contribution in [0.1, 0.15) is 11.3 Å². The molecule has 1 aromatic heterocycles. The maximum absolute atomic E-state index is 13.4. The standard InChI is InChI=1S/C23H20ClN3O3S2/c1-30-18-10-6-16(7-11-18)25-21(28)13-20-22(29)27(17-8-4-15(24)5-9-17)23(31)26(20)14-19-3-2-12-32-19/h2-12,20H,13-14H2,1H3,(H,25,28). The summed E-state index contributed by atoms with van der Waals surface area (Å²) in [7, 11) is 1.58. The van der Waals surface area contributed by atoms with Crippen molar-refractivity contribution in [2.45, 2.75) is 19.0 Å². The number of methoxy groups -OCH3 is 1. The molecule has 1 N–H and O–H groups in total. The molecule has 1 atom stereocenters. The predicted octanol–water partition coefficient (Wildman–Crippen LogP) is 4.94. The highest BCUT2D eigenvalue weighted by Crippen LogP contribution is 2.30. The second-order valence-electron chi connectivity index (χ2n) is 7.14. The van der Waals surface area contributed by atoms with E-state index in [1.165, 1.54) is 4.90 Å². The van der Waals surface area contributed by atoms with Crippen LogP contribution in [-0.4, -0.2) is 35.0 Å². The lowest BCUT2D eigenvalue weighted by molar-refractivity contribution is -0.124. The van der Waals surface area contributed by atoms with Crippen molar-refractivity contribution in [1.29, 1.82) is 0 Å². The molecule has 2 aromatic carbocycles. The highest BCUT2D eigenvalue weighted by Gasteiger charge is 2.44. The molecular weight excluding hydrogens is 466 g/mol. The van der Waals surface area contributed by atoms with Gasteiger partial charge < -0.3 is 15.0 Å². The predicted molar refractivity (Wildman–Crippen MR) is 131 cm³/mol. The van der Waals surface area contributed by atoms with Gasteiger partial charge in [0.2, 0.25) is 5.91 Å². The van der Waals surface area contributed by atoms with Gasteiger partial charge in [-0.2, -0.15) is 0 Å². The number of carbonyl (C=O) groups excluding carboxylic acids is 2. The Kier molecular flexibility index (Phi) is 6.74. The molecule has 2 amide bonds. The number of amides is 2. The van der Waals surface area contributed by atoms with E-state index < -0.39 is 6.04 Å². The number of benzene rings is 2.